The third-order valence-electron chi connectivity index (χ3n) is 3.40. The smallest absolute Gasteiger partial charge is 0.261 e. The van der Waals surface area contributed by atoms with E-state index in [0.29, 0.717) is 16.9 Å². The lowest BCUT2D eigenvalue weighted by atomic mass is 10.1. The lowest BCUT2D eigenvalue weighted by Crippen LogP contribution is -2.12. The van der Waals surface area contributed by atoms with Crippen molar-refractivity contribution in [2.75, 3.05) is 11.6 Å². The molecular weight excluding hydrogens is 328 g/mol. The van der Waals surface area contributed by atoms with Crippen molar-refractivity contribution in [3.05, 3.63) is 66.4 Å². The summed E-state index contributed by atoms with van der Waals surface area (Å²) in [4.78, 5) is 12.6. The topological polar surface area (TPSA) is 89.3 Å². The predicted molar refractivity (Wildman–Crippen MR) is 89.4 cm³/mol. The van der Waals surface area contributed by atoms with Crippen molar-refractivity contribution in [2.24, 2.45) is 0 Å². The number of carbonyl (C=O) groups is 1. The molecule has 0 spiro atoms. The third kappa shape index (κ3) is 3.36. The molecule has 0 atom stereocenters. The summed E-state index contributed by atoms with van der Waals surface area (Å²) in [6, 6.07) is 15.1. The molecule has 24 heavy (non-hydrogen) atoms. The number of para-hydroxylation sites is 1. The number of amides is 1. The molecule has 0 radical (unpaired) electrons. The van der Waals surface area contributed by atoms with Gasteiger partial charge in [-0.3, -0.25) is 4.79 Å². The van der Waals surface area contributed by atoms with Crippen molar-refractivity contribution < 1.29 is 17.7 Å². The van der Waals surface area contributed by atoms with Crippen LogP contribution in [0, 0.1) is 0 Å². The zero-order valence-electron chi connectivity index (χ0n) is 12.8. The normalized spacial score (nSPS) is 11.2. The molecule has 0 saturated carbocycles. The standard InChI is InChI=1S/C17H14N2O4S/c1-24(21,22)14-9-7-12(8-10-14)16-15(11-23-19-16)17(20)18-13-5-3-2-4-6-13/h2-11H,1H3,(H,18,20). The van der Waals surface area contributed by atoms with Crippen LogP contribution in [0.2, 0.25) is 0 Å². The Hall–Kier alpha value is -2.93. The highest BCUT2D eigenvalue weighted by Gasteiger charge is 2.18. The van der Waals surface area contributed by atoms with Crippen LogP contribution in [0.15, 0.2) is 70.3 Å². The summed E-state index contributed by atoms with van der Waals surface area (Å²) < 4.78 is 27.9. The van der Waals surface area contributed by atoms with E-state index in [0.717, 1.165) is 6.26 Å². The zero-order chi connectivity index (χ0) is 17.2. The first kappa shape index (κ1) is 15.9. The minimum absolute atomic E-state index is 0.199. The first-order valence-electron chi connectivity index (χ1n) is 7.06. The van der Waals surface area contributed by atoms with Gasteiger partial charge in [-0.2, -0.15) is 0 Å². The number of anilines is 1. The summed E-state index contributed by atoms with van der Waals surface area (Å²) in [6.45, 7) is 0. The maximum absolute atomic E-state index is 12.4. The van der Waals surface area contributed by atoms with Gasteiger partial charge in [0.05, 0.1) is 4.90 Å². The molecule has 0 aliphatic heterocycles. The van der Waals surface area contributed by atoms with Crippen molar-refractivity contribution >= 4 is 21.4 Å². The van der Waals surface area contributed by atoms with Gasteiger partial charge in [-0.15, -0.1) is 0 Å². The average molecular weight is 342 g/mol. The highest BCUT2D eigenvalue weighted by Crippen LogP contribution is 2.24. The highest BCUT2D eigenvalue weighted by molar-refractivity contribution is 7.90. The van der Waals surface area contributed by atoms with Crippen LogP contribution in [0.1, 0.15) is 10.4 Å². The number of aromatic nitrogens is 1. The number of rotatable bonds is 4. The lowest BCUT2D eigenvalue weighted by Gasteiger charge is -2.05. The number of nitrogens with zero attached hydrogens (tertiary/aromatic N) is 1. The van der Waals surface area contributed by atoms with E-state index in [9.17, 15) is 13.2 Å². The van der Waals surface area contributed by atoms with E-state index in [1.165, 1.54) is 18.4 Å². The molecule has 0 bridgehead atoms. The quantitative estimate of drug-likeness (QED) is 0.787. The second-order valence-electron chi connectivity index (χ2n) is 5.19. The molecular formula is C17H14N2O4S. The van der Waals surface area contributed by atoms with Gasteiger partial charge in [0, 0.05) is 17.5 Å². The summed E-state index contributed by atoms with van der Waals surface area (Å²) in [5.41, 5.74) is 1.87. The monoisotopic (exact) mass is 342 g/mol. The van der Waals surface area contributed by atoms with E-state index < -0.39 is 9.84 Å². The minimum Gasteiger partial charge on any atom is -0.363 e. The molecule has 0 aliphatic rings. The summed E-state index contributed by atoms with van der Waals surface area (Å²) in [7, 11) is -3.28. The molecule has 6 nitrogen and oxygen atoms in total. The summed E-state index contributed by atoms with van der Waals surface area (Å²) in [5.74, 6) is -0.357. The van der Waals surface area contributed by atoms with Crippen molar-refractivity contribution in [3.8, 4) is 11.3 Å². The van der Waals surface area contributed by atoms with E-state index in [2.05, 4.69) is 10.5 Å². The predicted octanol–water partition coefficient (Wildman–Crippen LogP) is 3.00. The number of carbonyl (C=O) groups excluding carboxylic acids is 1. The first-order chi connectivity index (χ1) is 11.4. The maximum Gasteiger partial charge on any atom is 0.261 e. The van der Waals surface area contributed by atoms with Crippen molar-refractivity contribution in [3.63, 3.8) is 0 Å². The van der Waals surface area contributed by atoms with Crippen LogP contribution in [0.3, 0.4) is 0 Å². The van der Waals surface area contributed by atoms with E-state index in [1.807, 2.05) is 18.2 Å². The Morgan fingerprint density at radius 1 is 1.04 bits per heavy atom. The Labute approximate surface area is 139 Å². The number of hydrogen-bond donors (Lipinski definition) is 1. The van der Waals surface area contributed by atoms with Crippen LogP contribution >= 0.6 is 0 Å². The molecule has 0 unspecified atom stereocenters. The fraction of sp³-hybridized carbons (Fsp3) is 0.0588. The Balaban J connectivity index is 1.89. The molecule has 122 valence electrons. The Bertz CT molecular complexity index is 961. The number of nitrogens with one attached hydrogen (secondary N) is 1. The van der Waals surface area contributed by atoms with Gasteiger partial charge in [0.2, 0.25) is 0 Å². The van der Waals surface area contributed by atoms with Gasteiger partial charge < -0.3 is 9.84 Å². The minimum atomic E-state index is -3.28. The van der Waals surface area contributed by atoms with E-state index >= 15 is 0 Å². The fourth-order valence-electron chi connectivity index (χ4n) is 2.19. The second-order valence-corrected chi connectivity index (χ2v) is 7.21. The molecule has 1 heterocycles. The molecule has 7 heteroatoms. The summed E-state index contributed by atoms with van der Waals surface area (Å²) in [5, 5.41) is 6.61. The van der Waals surface area contributed by atoms with Gasteiger partial charge in [0.1, 0.15) is 17.5 Å². The zero-order valence-corrected chi connectivity index (χ0v) is 13.6. The van der Waals surface area contributed by atoms with E-state index in [-0.39, 0.29) is 16.4 Å². The molecule has 2 aromatic carbocycles. The van der Waals surface area contributed by atoms with Crippen LogP contribution in [0.25, 0.3) is 11.3 Å². The van der Waals surface area contributed by atoms with Crippen molar-refractivity contribution in [1.29, 1.82) is 0 Å². The molecule has 0 aliphatic carbocycles. The molecule has 1 aromatic heterocycles. The molecule has 3 aromatic rings. The van der Waals surface area contributed by atoms with Gasteiger partial charge >= 0.3 is 0 Å². The van der Waals surface area contributed by atoms with Crippen molar-refractivity contribution in [2.45, 2.75) is 4.90 Å². The summed E-state index contributed by atoms with van der Waals surface area (Å²) >= 11 is 0. The Morgan fingerprint density at radius 2 is 1.71 bits per heavy atom. The lowest BCUT2D eigenvalue weighted by molar-refractivity contribution is 0.102. The largest absolute Gasteiger partial charge is 0.363 e. The first-order valence-corrected chi connectivity index (χ1v) is 8.95. The third-order valence-corrected chi connectivity index (χ3v) is 4.53. The van der Waals surface area contributed by atoms with E-state index in [1.54, 1.807) is 24.3 Å². The van der Waals surface area contributed by atoms with Gasteiger partial charge in [0.25, 0.3) is 5.91 Å². The van der Waals surface area contributed by atoms with E-state index in [4.69, 9.17) is 4.52 Å². The van der Waals surface area contributed by atoms with Crippen LogP contribution in [0.5, 0.6) is 0 Å². The van der Waals surface area contributed by atoms with Crippen LogP contribution in [-0.4, -0.2) is 25.7 Å². The molecule has 1 amide bonds. The van der Waals surface area contributed by atoms with Gasteiger partial charge in [-0.25, -0.2) is 8.42 Å². The van der Waals surface area contributed by atoms with Gasteiger partial charge in [-0.1, -0.05) is 35.5 Å². The number of benzene rings is 2. The van der Waals surface area contributed by atoms with Gasteiger partial charge in [-0.05, 0) is 24.3 Å². The fourth-order valence-corrected chi connectivity index (χ4v) is 2.82. The molecule has 1 N–H and O–H groups in total. The second kappa shape index (κ2) is 6.29. The Kier molecular flexibility index (Phi) is 4.18. The average Bonchev–Trinajstić information content (AvgIpc) is 3.05. The van der Waals surface area contributed by atoms with Crippen LogP contribution in [-0.2, 0) is 9.84 Å². The molecule has 0 fully saturated rings. The highest BCUT2D eigenvalue weighted by atomic mass is 32.2. The van der Waals surface area contributed by atoms with Crippen molar-refractivity contribution in [1.82, 2.24) is 5.16 Å². The number of sulfone groups is 1. The number of hydrogen-bond acceptors (Lipinski definition) is 5. The van der Waals surface area contributed by atoms with Crippen LogP contribution in [0.4, 0.5) is 5.69 Å². The summed E-state index contributed by atoms with van der Waals surface area (Å²) in [6.07, 6.45) is 2.40. The SMILES string of the molecule is CS(=O)(=O)c1ccc(-c2nocc2C(=O)Nc2ccccc2)cc1. The molecule has 3 rings (SSSR count). The maximum atomic E-state index is 12.4. The molecule has 0 saturated heterocycles. The van der Waals surface area contributed by atoms with Crippen LogP contribution < -0.4 is 5.32 Å². The van der Waals surface area contributed by atoms with Gasteiger partial charge in [0.15, 0.2) is 9.84 Å². The Morgan fingerprint density at radius 3 is 2.33 bits per heavy atom.